The van der Waals surface area contributed by atoms with Crippen molar-refractivity contribution in [2.24, 2.45) is 7.05 Å². The van der Waals surface area contributed by atoms with Crippen LogP contribution in [0.2, 0.25) is 0 Å². The number of hydrogen-bond donors (Lipinski definition) is 1. The van der Waals surface area contributed by atoms with Gasteiger partial charge in [0.25, 0.3) is 0 Å². The van der Waals surface area contributed by atoms with Crippen LogP contribution in [-0.4, -0.2) is 56.8 Å². The molecule has 1 aliphatic heterocycles. The van der Waals surface area contributed by atoms with Gasteiger partial charge in [-0.2, -0.15) is 0 Å². The predicted octanol–water partition coefficient (Wildman–Crippen LogP) is 0.0421. The average molecular weight is 333 g/mol. The highest BCUT2D eigenvalue weighted by atomic mass is 16.5. The number of carbonyl (C=O) groups excluding carboxylic acids is 1. The number of ether oxygens (including phenoxy) is 1. The molecule has 1 unspecified atom stereocenters. The van der Waals surface area contributed by atoms with E-state index in [1.165, 1.54) is 9.13 Å². The minimum Gasteiger partial charge on any atom is -0.481 e. The summed E-state index contributed by atoms with van der Waals surface area (Å²) in [5.41, 5.74) is 1.22. The number of amides is 1. The molecule has 1 fully saturated rings. The van der Waals surface area contributed by atoms with Crippen LogP contribution in [0.3, 0.4) is 0 Å². The number of carboxylic acids is 1. The summed E-state index contributed by atoms with van der Waals surface area (Å²) >= 11 is 0. The molecule has 1 aromatic heterocycles. The van der Waals surface area contributed by atoms with Gasteiger partial charge in [-0.1, -0.05) is 12.1 Å². The Morgan fingerprint density at radius 3 is 2.71 bits per heavy atom. The summed E-state index contributed by atoms with van der Waals surface area (Å²) in [6.45, 7) is 0.854. The van der Waals surface area contributed by atoms with Crippen LogP contribution in [0.5, 0.6) is 0 Å². The largest absolute Gasteiger partial charge is 0.481 e. The standard InChI is InChI=1S/C16H19N3O5/c1-17-12-4-2-3-5-13(12)19(16(17)23)10-14(20)18-6-7-24-11(9-18)8-15(21)22/h2-5,11H,6-10H2,1H3,(H,21,22). The Hall–Kier alpha value is -2.61. The Morgan fingerprint density at radius 2 is 2.00 bits per heavy atom. The Bertz CT molecular complexity index is 838. The lowest BCUT2D eigenvalue weighted by Gasteiger charge is -2.32. The first kappa shape index (κ1) is 16.3. The van der Waals surface area contributed by atoms with Crippen LogP contribution in [0.15, 0.2) is 29.1 Å². The molecule has 1 amide bonds. The third kappa shape index (κ3) is 3.05. The molecule has 0 spiro atoms. The summed E-state index contributed by atoms with van der Waals surface area (Å²) < 4.78 is 8.32. The summed E-state index contributed by atoms with van der Waals surface area (Å²) in [4.78, 5) is 37.3. The van der Waals surface area contributed by atoms with E-state index in [9.17, 15) is 14.4 Å². The quantitative estimate of drug-likeness (QED) is 0.853. The number of morpholine rings is 1. The molecule has 1 atom stereocenters. The number of rotatable bonds is 4. The second-order valence-electron chi connectivity index (χ2n) is 5.85. The van der Waals surface area contributed by atoms with Crippen molar-refractivity contribution in [3.05, 3.63) is 34.7 Å². The lowest BCUT2D eigenvalue weighted by molar-refractivity contribution is -0.148. The minimum atomic E-state index is -0.959. The van der Waals surface area contributed by atoms with Gasteiger partial charge in [-0.25, -0.2) is 4.79 Å². The topological polar surface area (TPSA) is 93.8 Å². The minimum absolute atomic E-state index is 0.0695. The van der Waals surface area contributed by atoms with Gasteiger partial charge in [-0.15, -0.1) is 0 Å². The summed E-state index contributed by atoms with van der Waals surface area (Å²) in [7, 11) is 1.67. The normalized spacial score (nSPS) is 18.0. The van der Waals surface area contributed by atoms with Crippen molar-refractivity contribution in [3.8, 4) is 0 Å². The number of aliphatic carboxylic acids is 1. The molecule has 0 aliphatic carbocycles. The van der Waals surface area contributed by atoms with Crippen molar-refractivity contribution in [2.75, 3.05) is 19.7 Å². The second kappa shape index (κ2) is 6.48. The Labute approximate surface area is 137 Å². The van der Waals surface area contributed by atoms with Gasteiger partial charge in [-0.05, 0) is 12.1 Å². The Morgan fingerprint density at radius 1 is 1.29 bits per heavy atom. The number of aryl methyl sites for hydroxylation is 1. The lowest BCUT2D eigenvalue weighted by atomic mass is 10.2. The van der Waals surface area contributed by atoms with E-state index < -0.39 is 12.1 Å². The number of aromatic nitrogens is 2. The van der Waals surface area contributed by atoms with E-state index in [0.717, 1.165) is 5.52 Å². The number of hydrogen-bond acceptors (Lipinski definition) is 4. The van der Waals surface area contributed by atoms with Crippen LogP contribution in [0.25, 0.3) is 11.0 Å². The molecule has 0 radical (unpaired) electrons. The van der Waals surface area contributed by atoms with Gasteiger partial charge >= 0.3 is 11.7 Å². The fourth-order valence-corrected chi connectivity index (χ4v) is 3.02. The number of imidazole rings is 1. The molecule has 1 aromatic carbocycles. The van der Waals surface area contributed by atoms with Crippen molar-refractivity contribution in [2.45, 2.75) is 19.1 Å². The van der Waals surface area contributed by atoms with E-state index >= 15 is 0 Å². The van der Waals surface area contributed by atoms with Gasteiger partial charge in [0.2, 0.25) is 5.91 Å². The summed E-state index contributed by atoms with van der Waals surface area (Å²) in [5.74, 6) is -1.17. The molecule has 0 bridgehead atoms. The van der Waals surface area contributed by atoms with Gasteiger partial charge in [-0.3, -0.25) is 18.7 Å². The zero-order valence-electron chi connectivity index (χ0n) is 13.3. The van der Waals surface area contributed by atoms with Crippen LogP contribution in [0.1, 0.15) is 6.42 Å². The van der Waals surface area contributed by atoms with Gasteiger partial charge in [0.05, 0.1) is 30.2 Å². The van der Waals surface area contributed by atoms with Gasteiger partial charge in [0.1, 0.15) is 6.54 Å². The first-order valence-electron chi connectivity index (χ1n) is 7.73. The zero-order valence-corrected chi connectivity index (χ0v) is 13.3. The fraction of sp³-hybridized carbons (Fsp3) is 0.438. The SMILES string of the molecule is Cn1c(=O)n(CC(=O)N2CCOC(CC(=O)O)C2)c2ccccc21. The van der Waals surface area contributed by atoms with E-state index in [-0.39, 0.29) is 31.1 Å². The van der Waals surface area contributed by atoms with Crippen LogP contribution in [0, 0.1) is 0 Å². The molecule has 3 rings (SSSR count). The van der Waals surface area contributed by atoms with Crippen molar-refractivity contribution < 1.29 is 19.4 Å². The average Bonchev–Trinajstić information content (AvgIpc) is 2.80. The van der Waals surface area contributed by atoms with Gasteiger partial charge in [0, 0.05) is 20.1 Å². The third-order valence-electron chi connectivity index (χ3n) is 4.24. The monoisotopic (exact) mass is 333 g/mol. The van der Waals surface area contributed by atoms with Crippen molar-refractivity contribution >= 4 is 22.9 Å². The molecule has 2 heterocycles. The highest BCUT2D eigenvalue weighted by molar-refractivity contribution is 5.81. The number of benzene rings is 1. The number of carbonyl (C=O) groups is 2. The summed E-state index contributed by atoms with van der Waals surface area (Å²) in [5, 5.41) is 8.85. The van der Waals surface area contributed by atoms with E-state index in [1.54, 1.807) is 18.0 Å². The van der Waals surface area contributed by atoms with Gasteiger partial charge < -0.3 is 14.7 Å². The third-order valence-corrected chi connectivity index (χ3v) is 4.24. The van der Waals surface area contributed by atoms with Crippen molar-refractivity contribution in [3.63, 3.8) is 0 Å². The highest BCUT2D eigenvalue weighted by Gasteiger charge is 2.26. The van der Waals surface area contributed by atoms with Crippen molar-refractivity contribution in [1.82, 2.24) is 14.0 Å². The maximum Gasteiger partial charge on any atom is 0.329 e. The first-order valence-corrected chi connectivity index (χ1v) is 7.73. The molecule has 1 saturated heterocycles. The number of fused-ring (bicyclic) bond motifs is 1. The predicted molar refractivity (Wildman–Crippen MR) is 85.8 cm³/mol. The highest BCUT2D eigenvalue weighted by Crippen LogP contribution is 2.13. The first-order chi connectivity index (χ1) is 11.5. The number of carboxylic acid groups (broad SMARTS) is 1. The smallest absolute Gasteiger partial charge is 0.329 e. The molecule has 8 nitrogen and oxygen atoms in total. The molecule has 1 N–H and O–H groups in total. The van der Waals surface area contributed by atoms with E-state index in [4.69, 9.17) is 9.84 Å². The summed E-state index contributed by atoms with van der Waals surface area (Å²) in [6, 6.07) is 7.29. The van der Waals surface area contributed by atoms with Crippen LogP contribution >= 0.6 is 0 Å². The van der Waals surface area contributed by atoms with Crippen LogP contribution < -0.4 is 5.69 Å². The molecule has 24 heavy (non-hydrogen) atoms. The molecule has 0 saturated carbocycles. The van der Waals surface area contributed by atoms with E-state index in [0.29, 0.717) is 18.7 Å². The van der Waals surface area contributed by atoms with Crippen LogP contribution in [-0.2, 0) is 27.9 Å². The molecular formula is C16H19N3O5. The van der Waals surface area contributed by atoms with E-state index in [2.05, 4.69) is 0 Å². The number of para-hydroxylation sites is 2. The Balaban J connectivity index is 1.79. The van der Waals surface area contributed by atoms with E-state index in [1.807, 2.05) is 18.2 Å². The Kier molecular flexibility index (Phi) is 4.39. The fourth-order valence-electron chi connectivity index (χ4n) is 3.02. The lowest BCUT2D eigenvalue weighted by Crippen LogP contribution is -2.48. The van der Waals surface area contributed by atoms with Gasteiger partial charge in [0.15, 0.2) is 0 Å². The molecule has 128 valence electrons. The van der Waals surface area contributed by atoms with Crippen molar-refractivity contribution in [1.29, 1.82) is 0 Å². The zero-order chi connectivity index (χ0) is 17.3. The second-order valence-corrected chi connectivity index (χ2v) is 5.85. The number of nitrogens with zero attached hydrogens (tertiary/aromatic N) is 3. The molecular weight excluding hydrogens is 314 g/mol. The maximum absolute atomic E-state index is 12.6. The molecule has 1 aliphatic rings. The molecule has 2 aromatic rings. The molecule has 8 heteroatoms. The maximum atomic E-state index is 12.6. The van der Waals surface area contributed by atoms with Crippen LogP contribution in [0.4, 0.5) is 0 Å². The summed E-state index contributed by atoms with van der Waals surface area (Å²) in [6.07, 6.45) is -0.651.